The zero-order chi connectivity index (χ0) is 25.9. The quantitative estimate of drug-likeness (QED) is 0.224. The molecule has 1 N–H and O–H groups in total. The van der Waals surface area contributed by atoms with Gasteiger partial charge in [-0.2, -0.15) is 4.57 Å². The van der Waals surface area contributed by atoms with Crippen LogP contribution in [0.2, 0.25) is 0 Å². The number of carboxylic acid groups (broad SMARTS) is 1. The second kappa shape index (κ2) is 10.2. The fourth-order valence-corrected chi connectivity index (χ4v) is 5.69. The molecule has 0 saturated heterocycles. The van der Waals surface area contributed by atoms with Gasteiger partial charge < -0.3 is 5.11 Å². The van der Waals surface area contributed by atoms with Crippen molar-refractivity contribution in [1.82, 2.24) is 4.31 Å². The predicted octanol–water partition coefficient (Wildman–Crippen LogP) is 3.92. The van der Waals surface area contributed by atoms with E-state index in [1.807, 2.05) is 35.8 Å². The van der Waals surface area contributed by atoms with Gasteiger partial charge in [0.05, 0.1) is 21.2 Å². The number of para-hydroxylation sites is 2. The zero-order valence-corrected chi connectivity index (χ0v) is 20.5. The molecule has 0 saturated carbocycles. The van der Waals surface area contributed by atoms with Gasteiger partial charge in [0, 0.05) is 25.1 Å². The summed E-state index contributed by atoms with van der Waals surface area (Å²) in [5.41, 5.74) is 2.47. The number of terminal acetylenes is 1. The molecule has 4 aromatic rings. The third-order valence-electron chi connectivity index (χ3n) is 5.98. The molecule has 0 unspecified atom stereocenters. The molecular weight excluding hydrogens is 476 g/mol. The summed E-state index contributed by atoms with van der Waals surface area (Å²) in [5, 5.41) is 10.2. The summed E-state index contributed by atoms with van der Waals surface area (Å²) in [4.78, 5) is 25.3. The highest BCUT2D eigenvalue weighted by molar-refractivity contribution is 7.89. The minimum atomic E-state index is -4.27. The van der Waals surface area contributed by atoms with Gasteiger partial charge >= 0.3 is 5.97 Å². The van der Waals surface area contributed by atoms with E-state index in [2.05, 4.69) is 5.92 Å². The van der Waals surface area contributed by atoms with Crippen LogP contribution in [0.25, 0.3) is 21.8 Å². The highest BCUT2D eigenvalue weighted by Crippen LogP contribution is 2.29. The minimum Gasteiger partial charge on any atom is -0.481 e. The van der Waals surface area contributed by atoms with Gasteiger partial charge in [-0.1, -0.05) is 42.0 Å². The zero-order valence-electron chi connectivity index (χ0n) is 19.7. The lowest BCUT2D eigenvalue weighted by atomic mass is 10.0. The number of pyridine rings is 1. The first-order valence-electron chi connectivity index (χ1n) is 11.4. The standard InChI is InChI=1S/C28H24N2O5S/c1-3-18-29-24-11-6-4-9-22(24)27(23-10-5-7-12-25(23)29)28(33)30(19-8-13-26(31)32)36(34,35)21-16-14-20(2)15-17-21/h1,4-7,9-12,14-17H,8,13,18-19H2,2H3/p+1. The van der Waals surface area contributed by atoms with Crippen LogP contribution in [-0.4, -0.2) is 36.3 Å². The lowest BCUT2D eigenvalue weighted by Gasteiger charge is -2.23. The first-order chi connectivity index (χ1) is 17.3. The van der Waals surface area contributed by atoms with Crippen LogP contribution in [0.5, 0.6) is 0 Å². The number of rotatable bonds is 8. The normalized spacial score (nSPS) is 11.3. The first-order valence-corrected chi connectivity index (χ1v) is 12.8. The average molecular weight is 502 g/mol. The maximum absolute atomic E-state index is 14.2. The van der Waals surface area contributed by atoms with Gasteiger partial charge in [0.1, 0.15) is 0 Å². The number of carboxylic acids is 1. The number of sulfonamides is 1. The van der Waals surface area contributed by atoms with E-state index in [1.54, 1.807) is 36.4 Å². The lowest BCUT2D eigenvalue weighted by molar-refractivity contribution is -0.632. The molecule has 0 bridgehead atoms. The van der Waals surface area contributed by atoms with Crippen molar-refractivity contribution in [3.05, 3.63) is 83.9 Å². The Labute approximate surface area is 209 Å². The van der Waals surface area contributed by atoms with E-state index in [0.717, 1.165) is 9.87 Å². The van der Waals surface area contributed by atoms with Crippen molar-refractivity contribution >= 4 is 43.7 Å². The monoisotopic (exact) mass is 501 g/mol. The Morgan fingerprint density at radius 3 is 2.03 bits per heavy atom. The molecule has 0 spiro atoms. The highest BCUT2D eigenvalue weighted by Gasteiger charge is 2.34. The predicted molar refractivity (Wildman–Crippen MR) is 137 cm³/mol. The van der Waals surface area contributed by atoms with Crippen molar-refractivity contribution in [2.24, 2.45) is 0 Å². The van der Waals surface area contributed by atoms with Crippen LogP contribution in [-0.2, 0) is 21.4 Å². The summed E-state index contributed by atoms with van der Waals surface area (Å²) < 4.78 is 30.1. The summed E-state index contributed by atoms with van der Waals surface area (Å²) in [6, 6.07) is 20.6. The molecule has 4 rings (SSSR count). The molecule has 0 fully saturated rings. The summed E-state index contributed by atoms with van der Waals surface area (Å²) in [6.45, 7) is 1.82. The second-order valence-electron chi connectivity index (χ2n) is 8.39. The molecule has 0 radical (unpaired) electrons. The largest absolute Gasteiger partial charge is 0.481 e. The Hall–Kier alpha value is -4.22. The number of aromatic nitrogens is 1. The molecule has 0 atom stereocenters. The average Bonchev–Trinajstić information content (AvgIpc) is 2.86. The van der Waals surface area contributed by atoms with E-state index in [4.69, 9.17) is 11.5 Å². The van der Waals surface area contributed by atoms with Crippen LogP contribution in [0.3, 0.4) is 0 Å². The molecule has 7 nitrogen and oxygen atoms in total. The van der Waals surface area contributed by atoms with Crippen molar-refractivity contribution in [2.45, 2.75) is 31.2 Å². The number of nitrogens with zero attached hydrogens (tertiary/aromatic N) is 2. The number of carbonyl (C=O) groups excluding carboxylic acids is 1. The molecule has 36 heavy (non-hydrogen) atoms. The Kier molecular flexibility index (Phi) is 7.04. The molecule has 0 aliphatic rings. The number of fused-ring (bicyclic) bond motifs is 2. The number of aryl methyl sites for hydroxylation is 1. The highest BCUT2D eigenvalue weighted by atomic mass is 32.2. The third-order valence-corrected chi connectivity index (χ3v) is 7.78. The van der Waals surface area contributed by atoms with Gasteiger partial charge in [-0.3, -0.25) is 9.59 Å². The topological polar surface area (TPSA) is 95.6 Å². The lowest BCUT2D eigenvalue weighted by Crippen LogP contribution is -2.40. The van der Waals surface area contributed by atoms with Crippen LogP contribution in [0, 0.1) is 19.3 Å². The second-order valence-corrected chi connectivity index (χ2v) is 10.3. The van der Waals surface area contributed by atoms with E-state index in [9.17, 15) is 18.0 Å². The van der Waals surface area contributed by atoms with Gasteiger partial charge in [0.15, 0.2) is 0 Å². The Bertz CT molecular complexity index is 1560. The van der Waals surface area contributed by atoms with Gasteiger partial charge in [0.25, 0.3) is 15.9 Å². The van der Waals surface area contributed by atoms with Crippen LogP contribution in [0.15, 0.2) is 77.7 Å². The number of amides is 1. The van der Waals surface area contributed by atoms with Gasteiger partial charge in [-0.25, -0.2) is 12.7 Å². The Balaban J connectivity index is 1.96. The van der Waals surface area contributed by atoms with E-state index in [0.29, 0.717) is 21.8 Å². The fourth-order valence-electron chi connectivity index (χ4n) is 4.27. The Morgan fingerprint density at radius 1 is 0.944 bits per heavy atom. The van der Waals surface area contributed by atoms with Gasteiger partial charge in [-0.05, 0) is 43.5 Å². The molecule has 0 aliphatic heterocycles. The summed E-state index contributed by atoms with van der Waals surface area (Å²) >= 11 is 0. The molecule has 0 aliphatic carbocycles. The van der Waals surface area contributed by atoms with E-state index in [-0.39, 0.29) is 36.4 Å². The SMILES string of the molecule is C#CC[n+]1c2ccccc2c(C(=O)N(CCCC(=O)O)S(=O)(=O)c2ccc(C)cc2)c2ccccc21. The van der Waals surface area contributed by atoms with Crippen molar-refractivity contribution in [2.75, 3.05) is 6.54 Å². The number of benzene rings is 3. The maximum Gasteiger partial charge on any atom is 0.303 e. The molecular formula is C28H25N2O5S+. The van der Waals surface area contributed by atoms with Crippen LogP contribution >= 0.6 is 0 Å². The number of hydrogen-bond acceptors (Lipinski definition) is 4. The van der Waals surface area contributed by atoms with Crippen molar-refractivity contribution < 1.29 is 27.7 Å². The van der Waals surface area contributed by atoms with Crippen LogP contribution in [0.1, 0.15) is 28.8 Å². The summed E-state index contributed by atoms with van der Waals surface area (Å²) in [6.07, 6.45) is 5.33. The molecule has 1 amide bonds. The minimum absolute atomic E-state index is 0.0219. The molecule has 8 heteroatoms. The molecule has 1 heterocycles. The number of hydrogen-bond donors (Lipinski definition) is 1. The van der Waals surface area contributed by atoms with E-state index >= 15 is 0 Å². The van der Waals surface area contributed by atoms with Crippen molar-refractivity contribution in [3.8, 4) is 12.3 Å². The molecule has 3 aromatic carbocycles. The maximum atomic E-state index is 14.2. The van der Waals surface area contributed by atoms with Gasteiger partial charge in [-0.15, -0.1) is 6.42 Å². The summed E-state index contributed by atoms with van der Waals surface area (Å²) in [7, 11) is -4.27. The van der Waals surface area contributed by atoms with Crippen LogP contribution in [0.4, 0.5) is 0 Å². The van der Waals surface area contributed by atoms with E-state index < -0.39 is 21.9 Å². The van der Waals surface area contributed by atoms with Gasteiger partial charge in [0.2, 0.25) is 17.6 Å². The van der Waals surface area contributed by atoms with Crippen molar-refractivity contribution in [1.29, 1.82) is 0 Å². The third kappa shape index (κ3) is 4.66. The summed E-state index contributed by atoms with van der Waals surface area (Å²) in [5.74, 6) is 0.855. The Morgan fingerprint density at radius 2 is 1.50 bits per heavy atom. The molecule has 182 valence electrons. The number of aliphatic carboxylic acids is 1. The smallest absolute Gasteiger partial charge is 0.303 e. The van der Waals surface area contributed by atoms with E-state index in [1.165, 1.54) is 12.1 Å². The number of carbonyl (C=O) groups is 2. The molecule has 1 aromatic heterocycles. The first kappa shape index (κ1) is 24.9. The van der Waals surface area contributed by atoms with Crippen LogP contribution < -0.4 is 4.57 Å². The van der Waals surface area contributed by atoms with Crippen molar-refractivity contribution in [3.63, 3.8) is 0 Å². The fraction of sp³-hybridized carbons (Fsp3) is 0.179.